The van der Waals surface area contributed by atoms with Crippen LogP contribution in [0.15, 0.2) is 51.9 Å². The van der Waals surface area contributed by atoms with Crippen LogP contribution in [0.3, 0.4) is 0 Å². The maximum absolute atomic E-state index is 12.9. The molecule has 0 amide bonds. The summed E-state index contributed by atoms with van der Waals surface area (Å²) in [6.07, 6.45) is 0.976. The van der Waals surface area contributed by atoms with Gasteiger partial charge in [0.05, 0.1) is 17.6 Å². The van der Waals surface area contributed by atoms with Gasteiger partial charge in [0.15, 0.2) is 0 Å². The average molecular weight is 454 g/mol. The molecule has 0 unspecified atom stereocenters. The van der Waals surface area contributed by atoms with Gasteiger partial charge in [-0.3, -0.25) is 9.69 Å². The van der Waals surface area contributed by atoms with Crippen molar-refractivity contribution in [3.63, 3.8) is 0 Å². The van der Waals surface area contributed by atoms with E-state index in [-0.39, 0.29) is 30.0 Å². The molecule has 0 aliphatic carbocycles. The van der Waals surface area contributed by atoms with Crippen LogP contribution >= 0.6 is 0 Å². The summed E-state index contributed by atoms with van der Waals surface area (Å²) in [7, 11) is 0. The normalized spacial score (nSPS) is 20.0. The molecule has 1 N–H and O–H groups in total. The van der Waals surface area contributed by atoms with Crippen molar-refractivity contribution in [1.29, 1.82) is 0 Å². The Balaban J connectivity index is 1.41. The second-order valence-corrected chi connectivity index (χ2v) is 8.95. The zero-order valence-electron chi connectivity index (χ0n) is 19.5. The van der Waals surface area contributed by atoms with Gasteiger partial charge in [-0.15, -0.1) is 0 Å². The molecule has 7 heteroatoms. The third-order valence-corrected chi connectivity index (χ3v) is 5.54. The van der Waals surface area contributed by atoms with E-state index in [1.54, 1.807) is 18.2 Å². The zero-order chi connectivity index (χ0) is 23.5. The van der Waals surface area contributed by atoms with E-state index < -0.39 is 6.10 Å². The van der Waals surface area contributed by atoms with E-state index >= 15 is 0 Å². The van der Waals surface area contributed by atoms with Crippen LogP contribution in [0.2, 0.25) is 0 Å². The number of benzene rings is 2. The third-order valence-electron chi connectivity index (χ3n) is 5.54. The van der Waals surface area contributed by atoms with E-state index in [9.17, 15) is 9.90 Å². The lowest BCUT2D eigenvalue weighted by Gasteiger charge is -2.36. The topological polar surface area (TPSA) is 81.4 Å². The molecule has 7 nitrogen and oxygen atoms in total. The molecule has 2 heterocycles. The molecule has 1 saturated heterocycles. The summed E-state index contributed by atoms with van der Waals surface area (Å²) < 4.78 is 22.9. The summed E-state index contributed by atoms with van der Waals surface area (Å²) >= 11 is 0. The van der Waals surface area contributed by atoms with Crippen LogP contribution < -0.4 is 14.9 Å². The van der Waals surface area contributed by atoms with Crippen molar-refractivity contribution >= 4 is 11.0 Å². The zero-order valence-corrected chi connectivity index (χ0v) is 19.5. The molecule has 4 rings (SSSR count). The molecule has 176 valence electrons. The molecular formula is C26H31NO6. The van der Waals surface area contributed by atoms with E-state index in [0.29, 0.717) is 29.0 Å². The molecule has 1 fully saturated rings. The predicted molar refractivity (Wildman–Crippen MR) is 126 cm³/mol. The van der Waals surface area contributed by atoms with Crippen molar-refractivity contribution in [2.24, 2.45) is 0 Å². The van der Waals surface area contributed by atoms with Crippen LogP contribution in [0.5, 0.6) is 17.2 Å². The van der Waals surface area contributed by atoms with Crippen LogP contribution in [-0.4, -0.2) is 54.6 Å². The summed E-state index contributed by atoms with van der Waals surface area (Å²) in [5.74, 6) is 1.25. The van der Waals surface area contributed by atoms with Crippen LogP contribution in [0.25, 0.3) is 11.0 Å². The summed E-state index contributed by atoms with van der Waals surface area (Å²) in [5, 5.41) is 10.8. The van der Waals surface area contributed by atoms with Crippen LogP contribution in [0.4, 0.5) is 0 Å². The number of nitrogens with zero attached hydrogens (tertiary/aromatic N) is 1. The Morgan fingerprint density at radius 3 is 2.45 bits per heavy atom. The Hall–Kier alpha value is -2.87. The van der Waals surface area contributed by atoms with Crippen molar-refractivity contribution < 1.29 is 23.7 Å². The van der Waals surface area contributed by atoms with E-state index in [2.05, 4.69) is 4.90 Å². The lowest BCUT2D eigenvalue weighted by Crippen LogP contribution is -2.48. The van der Waals surface area contributed by atoms with Gasteiger partial charge >= 0.3 is 0 Å². The number of fused-ring (bicyclic) bond motifs is 1. The first kappa shape index (κ1) is 23.3. The minimum absolute atomic E-state index is 0.130. The van der Waals surface area contributed by atoms with Crippen molar-refractivity contribution in [2.45, 2.75) is 46.0 Å². The van der Waals surface area contributed by atoms with Gasteiger partial charge < -0.3 is 23.7 Å². The number of β-amino-alcohol motifs (C(OH)–C–C–N with tert-alkyl or cyclic N) is 1. The fraction of sp³-hybridized carbons (Fsp3) is 0.423. The van der Waals surface area contributed by atoms with Crippen LogP contribution in [0.1, 0.15) is 25.0 Å². The molecule has 2 aromatic carbocycles. The third kappa shape index (κ3) is 5.93. The summed E-state index contributed by atoms with van der Waals surface area (Å²) in [5.41, 5.74) is 2.25. The first-order valence-electron chi connectivity index (χ1n) is 11.3. The minimum Gasteiger partial charge on any atom is -0.491 e. The Morgan fingerprint density at radius 2 is 1.76 bits per heavy atom. The maximum Gasteiger partial charge on any atom is 0.235 e. The van der Waals surface area contributed by atoms with Crippen molar-refractivity contribution in [1.82, 2.24) is 4.90 Å². The lowest BCUT2D eigenvalue weighted by molar-refractivity contribution is -0.0786. The van der Waals surface area contributed by atoms with Crippen molar-refractivity contribution in [2.75, 3.05) is 26.2 Å². The maximum atomic E-state index is 12.9. The summed E-state index contributed by atoms with van der Waals surface area (Å²) in [6, 6.07) is 10.8. The van der Waals surface area contributed by atoms with Gasteiger partial charge in [-0.1, -0.05) is 6.07 Å². The Morgan fingerprint density at radius 1 is 1.06 bits per heavy atom. The molecule has 3 atom stereocenters. The van der Waals surface area contributed by atoms with Crippen molar-refractivity contribution in [3.8, 4) is 17.2 Å². The molecule has 3 aromatic rings. The van der Waals surface area contributed by atoms with Gasteiger partial charge in [-0.2, -0.15) is 0 Å². The monoisotopic (exact) mass is 453 g/mol. The van der Waals surface area contributed by atoms with E-state index in [1.807, 2.05) is 45.9 Å². The summed E-state index contributed by atoms with van der Waals surface area (Å²) in [4.78, 5) is 15.1. The number of rotatable bonds is 7. The SMILES string of the molecule is Cc1cc(C)cc(Oc2coc3cc(OC[C@@H](O)CN4C[C@@H](C)O[C@@H](C)C4)ccc3c2=O)c1. The molecule has 0 spiro atoms. The number of hydrogen-bond acceptors (Lipinski definition) is 7. The second kappa shape index (κ2) is 9.95. The van der Waals surface area contributed by atoms with Gasteiger partial charge in [0.1, 0.15) is 36.1 Å². The van der Waals surface area contributed by atoms with Crippen LogP contribution in [0, 0.1) is 13.8 Å². The smallest absolute Gasteiger partial charge is 0.235 e. The van der Waals surface area contributed by atoms with Crippen LogP contribution in [-0.2, 0) is 4.74 Å². The van der Waals surface area contributed by atoms with Gasteiger partial charge in [-0.25, -0.2) is 0 Å². The van der Waals surface area contributed by atoms with Crippen molar-refractivity contribution in [3.05, 3.63) is 64.0 Å². The highest BCUT2D eigenvalue weighted by molar-refractivity contribution is 5.79. The molecule has 0 bridgehead atoms. The highest BCUT2D eigenvalue weighted by Gasteiger charge is 2.24. The highest BCUT2D eigenvalue weighted by Crippen LogP contribution is 2.25. The minimum atomic E-state index is -0.640. The number of ether oxygens (including phenoxy) is 3. The molecule has 1 aliphatic rings. The Labute approximate surface area is 193 Å². The van der Waals surface area contributed by atoms with Gasteiger partial charge in [0, 0.05) is 25.7 Å². The molecule has 1 aromatic heterocycles. The average Bonchev–Trinajstić information content (AvgIpc) is 2.73. The molecule has 0 radical (unpaired) electrons. The molecule has 0 saturated carbocycles. The fourth-order valence-corrected chi connectivity index (χ4v) is 4.35. The first-order valence-corrected chi connectivity index (χ1v) is 11.3. The predicted octanol–water partition coefficient (Wildman–Crippen LogP) is 4.05. The number of aliphatic hydroxyl groups excluding tert-OH is 1. The molecule has 1 aliphatic heterocycles. The van der Waals surface area contributed by atoms with E-state index in [4.69, 9.17) is 18.6 Å². The quantitative estimate of drug-likeness (QED) is 0.578. The number of morpholine rings is 1. The standard InChI is InChI=1S/C26H31NO6/c1-16-7-17(2)9-22(8-16)33-25-15-31-24-10-21(5-6-23(24)26(25)29)30-14-20(28)13-27-11-18(3)32-19(4)12-27/h5-10,15,18-20,28H,11-14H2,1-4H3/t18-,19+,20-/m0/s1. The van der Waals surface area contributed by atoms with Gasteiger partial charge in [0.2, 0.25) is 11.2 Å². The largest absolute Gasteiger partial charge is 0.491 e. The molecule has 33 heavy (non-hydrogen) atoms. The first-order chi connectivity index (χ1) is 15.8. The highest BCUT2D eigenvalue weighted by atomic mass is 16.5. The lowest BCUT2D eigenvalue weighted by atomic mass is 10.1. The summed E-state index contributed by atoms with van der Waals surface area (Å²) in [6.45, 7) is 10.2. The molecular weight excluding hydrogens is 422 g/mol. The van der Waals surface area contributed by atoms with E-state index in [1.165, 1.54) is 6.26 Å². The Bertz CT molecular complexity index is 1140. The van der Waals surface area contributed by atoms with Gasteiger partial charge in [-0.05, 0) is 63.1 Å². The van der Waals surface area contributed by atoms with E-state index in [0.717, 1.165) is 24.2 Å². The number of hydrogen-bond donors (Lipinski definition) is 1. The number of aryl methyl sites for hydroxylation is 2. The Kier molecular flexibility index (Phi) is 7.02. The number of aliphatic hydroxyl groups is 1. The fourth-order valence-electron chi connectivity index (χ4n) is 4.35. The van der Waals surface area contributed by atoms with Gasteiger partial charge in [0.25, 0.3) is 0 Å². The second-order valence-electron chi connectivity index (χ2n) is 8.95.